The molecule has 2 aromatic carbocycles. The zero-order valence-electron chi connectivity index (χ0n) is 17.4. The lowest BCUT2D eigenvalue weighted by molar-refractivity contribution is -0.119. The van der Waals surface area contributed by atoms with Gasteiger partial charge in [-0.25, -0.2) is 22.7 Å². The second-order valence-electron chi connectivity index (χ2n) is 6.62. The Morgan fingerprint density at radius 2 is 1.65 bits per heavy atom. The van der Waals surface area contributed by atoms with Crippen molar-refractivity contribution in [3.63, 3.8) is 0 Å². The number of rotatable bonds is 9. The van der Waals surface area contributed by atoms with Crippen LogP contribution in [0.2, 0.25) is 0 Å². The van der Waals surface area contributed by atoms with E-state index in [1.807, 2.05) is 6.92 Å². The van der Waals surface area contributed by atoms with Gasteiger partial charge in [-0.05, 0) is 49.7 Å². The van der Waals surface area contributed by atoms with Crippen molar-refractivity contribution in [2.24, 2.45) is 0 Å². The van der Waals surface area contributed by atoms with Gasteiger partial charge in [0.05, 0.1) is 28.8 Å². The van der Waals surface area contributed by atoms with Crippen molar-refractivity contribution < 1.29 is 32.3 Å². The first kappa shape index (κ1) is 24.0. The summed E-state index contributed by atoms with van der Waals surface area (Å²) in [5.41, 5.74) is 0.469. The molecule has 0 bridgehead atoms. The van der Waals surface area contributed by atoms with Crippen molar-refractivity contribution in [1.82, 2.24) is 4.72 Å². The number of ether oxygens (including phenoxy) is 2. The number of carbonyl (C=O) groups is 3. The van der Waals surface area contributed by atoms with Gasteiger partial charge in [0.25, 0.3) is 5.91 Å². The zero-order valence-corrected chi connectivity index (χ0v) is 18.2. The summed E-state index contributed by atoms with van der Waals surface area (Å²) in [7, 11) is -2.47. The van der Waals surface area contributed by atoms with Gasteiger partial charge in [0, 0.05) is 6.04 Å². The number of carbonyl (C=O) groups excluding carboxylic acids is 3. The molecule has 1 unspecified atom stereocenters. The number of hydrogen-bond donors (Lipinski definition) is 2. The van der Waals surface area contributed by atoms with E-state index in [4.69, 9.17) is 4.74 Å². The number of hydrogen-bond acceptors (Lipinski definition) is 7. The van der Waals surface area contributed by atoms with Crippen molar-refractivity contribution in [2.75, 3.05) is 19.0 Å². The molecule has 0 fully saturated rings. The molecule has 0 heterocycles. The highest BCUT2D eigenvalue weighted by Gasteiger charge is 2.18. The van der Waals surface area contributed by atoms with Crippen LogP contribution in [0.1, 0.15) is 41.0 Å². The van der Waals surface area contributed by atoms with Crippen LogP contribution < -0.4 is 10.0 Å². The minimum Gasteiger partial charge on any atom is -0.465 e. The first-order valence-electron chi connectivity index (χ1n) is 9.44. The second kappa shape index (κ2) is 10.7. The van der Waals surface area contributed by atoms with E-state index in [9.17, 15) is 22.8 Å². The van der Waals surface area contributed by atoms with Crippen LogP contribution in [0.15, 0.2) is 53.4 Å². The van der Waals surface area contributed by atoms with E-state index in [0.717, 1.165) is 0 Å². The number of sulfonamides is 1. The van der Waals surface area contributed by atoms with Gasteiger partial charge in [0.2, 0.25) is 10.0 Å². The maximum atomic E-state index is 12.3. The molecule has 0 radical (unpaired) electrons. The maximum Gasteiger partial charge on any atom is 0.339 e. The van der Waals surface area contributed by atoms with E-state index in [1.165, 1.54) is 43.5 Å². The van der Waals surface area contributed by atoms with Crippen LogP contribution >= 0.6 is 0 Å². The fraction of sp³-hybridized carbons (Fsp3) is 0.286. The van der Waals surface area contributed by atoms with Crippen LogP contribution in [0, 0.1) is 0 Å². The van der Waals surface area contributed by atoms with E-state index >= 15 is 0 Å². The van der Waals surface area contributed by atoms with Gasteiger partial charge in [0.1, 0.15) is 0 Å². The number of benzene rings is 2. The smallest absolute Gasteiger partial charge is 0.339 e. The fourth-order valence-corrected chi connectivity index (χ4v) is 3.79. The molecule has 2 aromatic rings. The Hall–Kier alpha value is -3.24. The summed E-state index contributed by atoms with van der Waals surface area (Å²) in [6.07, 6.45) is 0.635. The van der Waals surface area contributed by atoms with Gasteiger partial charge in [-0.2, -0.15) is 0 Å². The first-order chi connectivity index (χ1) is 14.7. The zero-order chi connectivity index (χ0) is 23.0. The molecule has 2 N–H and O–H groups in total. The van der Waals surface area contributed by atoms with Gasteiger partial charge >= 0.3 is 11.9 Å². The van der Waals surface area contributed by atoms with Gasteiger partial charge in [-0.3, -0.25) is 4.79 Å². The van der Waals surface area contributed by atoms with Crippen LogP contribution in [0.25, 0.3) is 0 Å². The van der Waals surface area contributed by atoms with Crippen molar-refractivity contribution in [3.8, 4) is 0 Å². The Balaban J connectivity index is 1.97. The Morgan fingerprint density at radius 3 is 2.26 bits per heavy atom. The van der Waals surface area contributed by atoms with E-state index in [0.29, 0.717) is 6.42 Å². The third-order valence-corrected chi connectivity index (χ3v) is 5.92. The summed E-state index contributed by atoms with van der Waals surface area (Å²) < 4.78 is 36.6. The molecule has 0 aliphatic carbocycles. The molecule has 1 amide bonds. The molecule has 0 aliphatic heterocycles. The van der Waals surface area contributed by atoms with Gasteiger partial charge in [-0.1, -0.05) is 19.1 Å². The molecule has 0 aromatic heterocycles. The molecular weight excluding hydrogens is 424 g/mol. The topological polar surface area (TPSA) is 128 Å². The van der Waals surface area contributed by atoms with Crippen LogP contribution in [-0.4, -0.2) is 46.0 Å². The number of esters is 2. The number of nitrogens with one attached hydrogen (secondary N) is 2. The quantitative estimate of drug-likeness (QED) is 0.564. The van der Waals surface area contributed by atoms with Crippen LogP contribution in [-0.2, 0) is 24.3 Å². The van der Waals surface area contributed by atoms with Crippen molar-refractivity contribution in [1.29, 1.82) is 0 Å². The first-order valence-corrected chi connectivity index (χ1v) is 10.9. The van der Waals surface area contributed by atoms with E-state index < -0.39 is 34.5 Å². The van der Waals surface area contributed by atoms with Crippen molar-refractivity contribution in [2.45, 2.75) is 31.2 Å². The number of methoxy groups -OCH3 is 1. The maximum absolute atomic E-state index is 12.3. The van der Waals surface area contributed by atoms with Crippen LogP contribution in [0.3, 0.4) is 0 Å². The highest BCUT2D eigenvalue weighted by Crippen LogP contribution is 2.16. The minimum atomic E-state index is -3.69. The average molecular weight is 448 g/mol. The summed E-state index contributed by atoms with van der Waals surface area (Å²) in [4.78, 5) is 36.0. The third-order valence-electron chi connectivity index (χ3n) is 4.31. The normalized spacial score (nSPS) is 12.0. The van der Waals surface area contributed by atoms with Crippen molar-refractivity contribution >= 4 is 33.6 Å². The lowest BCUT2D eigenvalue weighted by Crippen LogP contribution is -2.32. The average Bonchev–Trinajstić information content (AvgIpc) is 2.77. The highest BCUT2D eigenvalue weighted by molar-refractivity contribution is 7.89. The summed E-state index contributed by atoms with van der Waals surface area (Å²) in [5.74, 6) is -2.07. The minimum absolute atomic E-state index is 0.0153. The molecule has 0 spiro atoms. The predicted molar refractivity (Wildman–Crippen MR) is 113 cm³/mol. The summed E-state index contributed by atoms with van der Waals surface area (Å²) in [6, 6.07) is 11.2. The Morgan fingerprint density at radius 1 is 1.00 bits per heavy atom. The molecule has 2 rings (SSSR count). The van der Waals surface area contributed by atoms with Crippen LogP contribution in [0.5, 0.6) is 0 Å². The van der Waals surface area contributed by atoms with Gasteiger partial charge < -0.3 is 14.8 Å². The summed E-state index contributed by atoms with van der Waals surface area (Å²) in [5, 5.41) is 2.48. The van der Waals surface area contributed by atoms with E-state index in [-0.39, 0.29) is 27.8 Å². The molecule has 10 heteroatoms. The third kappa shape index (κ3) is 6.63. The van der Waals surface area contributed by atoms with Gasteiger partial charge in [-0.15, -0.1) is 0 Å². The lowest BCUT2D eigenvalue weighted by Gasteiger charge is -2.12. The molecule has 31 heavy (non-hydrogen) atoms. The Kier molecular flexibility index (Phi) is 8.29. The highest BCUT2D eigenvalue weighted by atomic mass is 32.2. The van der Waals surface area contributed by atoms with Gasteiger partial charge in [0.15, 0.2) is 6.61 Å². The molecule has 0 aliphatic rings. The molecular formula is C21H24N2O7S. The van der Waals surface area contributed by atoms with E-state index in [2.05, 4.69) is 14.8 Å². The predicted octanol–water partition coefficient (Wildman–Crippen LogP) is 2.35. The lowest BCUT2D eigenvalue weighted by atomic mass is 10.2. The molecule has 9 nitrogen and oxygen atoms in total. The number of anilines is 1. The Bertz CT molecular complexity index is 1050. The summed E-state index contributed by atoms with van der Waals surface area (Å²) in [6.45, 7) is 3.01. The monoisotopic (exact) mass is 448 g/mol. The molecule has 0 saturated carbocycles. The van der Waals surface area contributed by atoms with E-state index in [1.54, 1.807) is 19.1 Å². The second-order valence-corrected chi connectivity index (χ2v) is 8.33. The van der Waals surface area contributed by atoms with Crippen molar-refractivity contribution in [3.05, 3.63) is 59.7 Å². The van der Waals surface area contributed by atoms with Crippen LogP contribution in [0.4, 0.5) is 5.69 Å². The molecule has 166 valence electrons. The molecule has 1 atom stereocenters. The SMILES string of the molecule is CCC(C)NS(=O)(=O)c1ccc(C(=O)OCC(=O)Nc2ccccc2C(=O)OC)cc1. The number of amides is 1. The summed E-state index contributed by atoms with van der Waals surface area (Å²) >= 11 is 0. The number of para-hydroxylation sites is 1. The Labute approximate surface area is 180 Å². The molecule has 0 saturated heterocycles. The fourth-order valence-electron chi connectivity index (χ4n) is 2.47. The standard InChI is InChI=1S/C21H24N2O7S/c1-4-14(2)23-31(27,28)16-11-9-15(10-12-16)20(25)30-13-19(24)22-18-8-6-5-7-17(18)21(26)29-3/h5-12,14,23H,4,13H2,1-3H3,(H,22,24). The largest absolute Gasteiger partial charge is 0.465 e.